The molecule has 2 heterocycles. The summed E-state index contributed by atoms with van der Waals surface area (Å²) in [5.74, 6) is -3.18. The number of rotatable bonds is 32. The summed E-state index contributed by atoms with van der Waals surface area (Å²) in [7, 11) is 0. The first kappa shape index (κ1) is 48.9. The lowest BCUT2D eigenvalue weighted by Gasteiger charge is -2.31. The van der Waals surface area contributed by atoms with Crippen molar-refractivity contribution in [1.82, 2.24) is 9.97 Å². The van der Waals surface area contributed by atoms with E-state index in [-0.39, 0.29) is 30.2 Å². The van der Waals surface area contributed by atoms with Crippen molar-refractivity contribution in [2.24, 2.45) is 0 Å². The average molecular weight is 805 g/mol. The predicted octanol–water partition coefficient (Wildman–Crippen LogP) is 9.93. The van der Waals surface area contributed by atoms with Crippen LogP contribution in [0.25, 0.3) is 0 Å². The highest BCUT2D eigenvalue weighted by Gasteiger charge is 2.38. The van der Waals surface area contributed by atoms with Crippen LogP contribution < -0.4 is 0 Å². The second-order valence-electron chi connectivity index (χ2n) is 14.9. The van der Waals surface area contributed by atoms with Crippen molar-refractivity contribution < 1.29 is 56.5 Å². The molecule has 14 nitrogen and oxygen atoms in total. The third-order valence-electron chi connectivity index (χ3n) is 9.59. The van der Waals surface area contributed by atoms with Crippen molar-refractivity contribution in [3.05, 3.63) is 36.2 Å². The lowest BCUT2D eigenvalue weighted by molar-refractivity contribution is -0.185. The van der Waals surface area contributed by atoms with Gasteiger partial charge in [-0.25, -0.2) is 9.97 Å². The maximum atomic E-state index is 13.0. The highest BCUT2D eigenvalue weighted by atomic mass is 16.6. The smallest absolute Gasteiger partial charge is 0.307 e. The van der Waals surface area contributed by atoms with E-state index in [9.17, 15) is 24.0 Å². The molecule has 57 heavy (non-hydrogen) atoms. The summed E-state index contributed by atoms with van der Waals surface area (Å²) in [6.45, 7) is 8.40. The number of aromatic nitrogens is 2. The fraction of sp³-hybridized carbons (Fsp3) is 0.744. The highest BCUT2D eigenvalue weighted by molar-refractivity contribution is 5.70. The van der Waals surface area contributed by atoms with Crippen LogP contribution in [0.3, 0.4) is 0 Å². The largest absolute Gasteiger partial charge is 0.459 e. The minimum Gasteiger partial charge on any atom is -0.459 e. The Labute approximate surface area is 338 Å². The van der Waals surface area contributed by atoms with Crippen LogP contribution in [0.2, 0.25) is 0 Å². The molecule has 0 spiro atoms. The van der Waals surface area contributed by atoms with E-state index in [1.165, 1.54) is 136 Å². The minimum atomic E-state index is -1.26. The summed E-state index contributed by atoms with van der Waals surface area (Å²) in [4.78, 5) is 69.4. The molecule has 0 N–H and O–H groups in total. The van der Waals surface area contributed by atoms with Gasteiger partial charge in [-0.05, 0) is 13.3 Å². The molecule has 322 valence electrons. The average Bonchev–Trinajstić information content (AvgIpc) is 3.86. The zero-order valence-electron chi connectivity index (χ0n) is 35.3. The lowest BCUT2D eigenvalue weighted by Crippen LogP contribution is -2.44. The van der Waals surface area contributed by atoms with Crippen LogP contribution in [0.4, 0.5) is 0 Å². The molecular weight excluding hydrogens is 736 g/mol. The molecule has 0 saturated carbocycles. The van der Waals surface area contributed by atoms with Crippen LogP contribution in [0.15, 0.2) is 27.7 Å². The molecule has 0 fully saturated rings. The van der Waals surface area contributed by atoms with E-state index >= 15 is 0 Å². The number of nitrogens with zero attached hydrogens (tertiary/aromatic N) is 2. The summed E-state index contributed by atoms with van der Waals surface area (Å²) < 4.78 is 38.6. The SMILES string of the molecule is CCCCCCCCCCCCCCCCCCCCCC(=O)OC(c1cnco1)c1nc(C(CC(OC(C)=O)C(OC(C)=O)C(C)OC(C)=O)OC(C)=O)co1. The van der Waals surface area contributed by atoms with Crippen LogP contribution in [-0.4, -0.2) is 58.1 Å². The zero-order chi connectivity index (χ0) is 41.8. The van der Waals surface area contributed by atoms with E-state index in [0.717, 1.165) is 33.1 Å². The Bertz CT molecular complexity index is 1420. The maximum absolute atomic E-state index is 13.0. The van der Waals surface area contributed by atoms with Crippen molar-refractivity contribution in [3.8, 4) is 0 Å². The Morgan fingerprint density at radius 2 is 1.11 bits per heavy atom. The summed E-state index contributed by atoms with van der Waals surface area (Å²) >= 11 is 0. The van der Waals surface area contributed by atoms with Crippen LogP contribution in [0.1, 0.15) is 206 Å². The summed E-state index contributed by atoms with van der Waals surface area (Å²) in [6.07, 6.45) is 21.7. The van der Waals surface area contributed by atoms with Crippen molar-refractivity contribution in [3.63, 3.8) is 0 Å². The van der Waals surface area contributed by atoms with Crippen LogP contribution in [-0.2, 0) is 47.7 Å². The number of esters is 5. The van der Waals surface area contributed by atoms with E-state index in [2.05, 4.69) is 16.9 Å². The van der Waals surface area contributed by atoms with E-state index in [1.54, 1.807) is 0 Å². The van der Waals surface area contributed by atoms with Gasteiger partial charge in [-0.2, -0.15) is 0 Å². The zero-order valence-corrected chi connectivity index (χ0v) is 35.3. The van der Waals surface area contributed by atoms with Gasteiger partial charge in [0, 0.05) is 40.5 Å². The third kappa shape index (κ3) is 21.8. The van der Waals surface area contributed by atoms with E-state index in [1.807, 2.05) is 0 Å². The minimum absolute atomic E-state index is 0.0747. The molecule has 0 amide bonds. The molecular formula is C43H68N2O12. The molecule has 0 aromatic carbocycles. The summed E-state index contributed by atoms with van der Waals surface area (Å²) in [5, 5.41) is 0. The highest BCUT2D eigenvalue weighted by Crippen LogP contribution is 2.32. The number of carbonyl (C=O) groups is 5. The molecule has 14 heteroatoms. The molecule has 0 radical (unpaired) electrons. The molecule has 0 bridgehead atoms. The van der Waals surface area contributed by atoms with Gasteiger partial charge in [0.25, 0.3) is 0 Å². The molecule has 5 atom stereocenters. The fourth-order valence-electron chi connectivity index (χ4n) is 6.79. The van der Waals surface area contributed by atoms with Crippen molar-refractivity contribution in [2.45, 2.75) is 207 Å². The fourth-order valence-corrected chi connectivity index (χ4v) is 6.79. The van der Waals surface area contributed by atoms with Gasteiger partial charge >= 0.3 is 29.8 Å². The molecule has 0 aliphatic carbocycles. The quantitative estimate of drug-likeness (QED) is 0.0387. The van der Waals surface area contributed by atoms with E-state index < -0.39 is 60.4 Å². The first-order chi connectivity index (χ1) is 27.4. The van der Waals surface area contributed by atoms with Crippen molar-refractivity contribution in [2.75, 3.05) is 0 Å². The molecule has 0 saturated heterocycles. The molecule has 2 aromatic rings. The second kappa shape index (κ2) is 29.1. The third-order valence-corrected chi connectivity index (χ3v) is 9.59. The Morgan fingerprint density at radius 1 is 0.614 bits per heavy atom. The number of carbonyl (C=O) groups excluding carboxylic acids is 5. The maximum Gasteiger partial charge on any atom is 0.307 e. The first-order valence-electron chi connectivity index (χ1n) is 21.1. The molecule has 2 aromatic heterocycles. The van der Waals surface area contributed by atoms with Crippen molar-refractivity contribution in [1.29, 1.82) is 0 Å². The van der Waals surface area contributed by atoms with Gasteiger partial charge in [-0.1, -0.05) is 122 Å². The van der Waals surface area contributed by atoms with Crippen LogP contribution in [0, 0.1) is 0 Å². The second-order valence-corrected chi connectivity index (χ2v) is 14.9. The van der Waals surface area contributed by atoms with Gasteiger partial charge in [0.2, 0.25) is 12.0 Å². The van der Waals surface area contributed by atoms with Crippen LogP contribution >= 0.6 is 0 Å². The van der Waals surface area contributed by atoms with Crippen molar-refractivity contribution >= 4 is 29.8 Å². The Kier molecular flexibility index (Phi) is 24.9. The number of unbranched alkanes of at least 4 members (excludes halogenated alkanes) is 18. The van der Waals surface area contributed by atoms with Gasteiger partial charge in [0.15, 0.2) is 24.4 Å². The van der Waals surface area contributed by atoms with Crippen LogP contribution in [0.5, 0.6) is 0 Å². The van der Waals surface area contributed by atoms with E-state index in [4.69, 9.17) is 32.5 Å². The molecule has 5 unspecified atom stereocenters. The van der Waals surface area contributed by atoms with Gasteiger partial charge < -0.3 is 32.5 Å². The first-order valence-corrected chi connectivity index (χ1v) is 21.1. The Hall–Kier alpha value is -4.23. The standard InChI is InChI=1S/C43H68N2O12/c1-7-8-9-10-11-12-13-14-15-16-17-18-19-20-21-22-23-24-25-26-40(50)57-42(39-28-44-30-52-39)43-45-36(29-51-43)37(54-33(4)47)27-38(55-34(5)48)41(56-35(6)49)31(2)53-32(3)46/h28-31,37-38,41-42H,7-27H2,1-6H3. The molecule has 2 rings (SSSR count). The van der Waals surface area contributed by atoms with Gasteiger partial charge in [-0.3, -0.25) is 24.0 Å². The van der Waals surface area contributed by atoms with Gasteiger partial charge in [0.05, 0.1) is 6.20 Å². The topological polar surface area (TPSA) is 184 Å². The predicted molar refractivity (Wildman–Crippen MR) is 210 cm³/mol. The molecule has 0 aliphatic heterocycles. The van der Waals surface area contributed by atoms with E-state index in [0.29, 0.717) is 6.42 Å². The lowest BCUT2D eigenvalue weighted by atomic mass is 10.0. The Balaban J connectivity index is 1.87. The summed E-state index contributed by atoms with van der Waals surface area (Å²) in [5.41, 5.74) is 0.0819. The number of oxazole rings is 2. The number of ether oxygens (including phenoxy) is 5. The van der Waals surface area contributed by atoms with Gasteiger partial charge in [-0.15, -0.1) is 0 Å². The monoisotopic (exact) mass is 804 g/mol. The van der Waals surface area contributed by atoms with Gasteiger partial charge in [0.1, 0.15) is 24.2 Å². The Morgan fingerprint density at radius 3 is 1.56 bits per heavy atom. The number of hydrogen-bond acceptors (Lipinski definition) is 14. The summed E-state index contributed by atoms with van der Waals surface area (Å²) in [6, 6.07) is 0. The normalized spacial score (nSPS) is 13.9. The number of hydrogen-bond donors (Lipinski definition) is 0. The molecule has 0 aliphatic rings.